The molecule has 1 rings (SSSR count). The number of ether oxygens (including phenoxy) is 3. The molecule has 220 valence electrons. The van der Waals surface area contributed by atoms with E-state index in [0.717, 1.165) is 19.3 Å². The molecule has 0 saturated carbocycles. The molecule has 0 amide bonds. The van der Waals surface area contributed by atoms with Crippen LogP contribution in [0.5, 0.6) is 11.5 Å². The Hall–Kier alpha value is -2.94. The SMILES string of the molecule is CCCC(C)C(=O)Oc1ccc(CC(N)(C[C@H](C)OC(=O)CC(C)CC)C(=O)O)cc1OC(=O)C(C)CCC. The average molecular weight is 550 g/mol. The van der Waals surface area contributed by atoms with Crippen molar-refractivity contribution in [2.24, 2.45) is 23.5 Å². The molecule has 0 aliphatic heterocycles. The smallest absolute Gasteiger partial charge is 0.324 e. The third-order valence-electron chi connectivity index (χ3n) is 6.82. The van der Waals surface area contributed by atoms with E-state index in [0.29, 0.717) is 18.4 Å². The standard InChI is InChI=1S/C30H47NO8/c1-8-11-20(5)27(33)38-24-14-13-23(16-25(24)39-28(34)21(6)12-9-2)18-30(31,29(35)36)17-22(7)37-26(32)15-19(4)10-3/h13-14,16,19-22H,8-12,15,17-18,31H2,1-7H3,(H,35,36)/t19?,20?,21?,22-,30?/m0/s1. The lowest BCUT2D eigenvalue weighted by atomic mass is 9.86. The van der Waals surface area contributed by atoms with Crippen LogP contribution in [0.4, 0.5) is 0 Å². The first-order valence-corrected chi connectivity index (χ1v) is 14.0. The molecule has 0 bridgehead atoms. The number of benzene rings is 1. The summed E-state index contributed by atoms with van der Waals surface area (Å²) in [6.07, 6.45) is 2.96. The lowest BCUT2D eigenvalue weighted by Gasteiger charge is -2.28. The minimum absolute atomic E-state index is 0.0262. The molecule has 0 spiro atoms. The predicted molar refractivity (Wildman–Crippen MR) is 148 cm³/mol. The summed E-state index contributed by atoms with van der Waals surface area (Å²) in [6, 6.07) is 4.55. The zero-order valence-electron chi connectivity index (χ0n) is 24.6. The number of carbonyl (C=O) groups is 4. The molecule has 1 aromatic rings. The van der Waals surface area contributed by atoms with E-state index in [9.17, 15) is 24.3 Å². The number of aliphatic carboxylic acids is 1. The van der Waals surface area contributed by atoms with E-state index in [2.05, 4.69) is 0 Å². The maximum absolute atomic E-state index is 12.7. The number of rotatable bonds is 17. The van der Waals surface area contributed by atoms with Crippen molar-refractivity contribution >= 4 is 23.9 Å². The number of esters is 3. The lowest BCUT2D eigenvalue weighted by Crippen LogP contribution is -2.52. The minimum Gasteiger partial charge on any atom is -0.480 e. The molecular weight excluding hydrogens is 502 g/mol. The van der Waals surface area contributed by atoms with Crippen molar-refractivity contribution in [3.05, 3.63) is 23.8 Å². The van der Waals surface area contributed by atoms with Gasteiger partial charge in [0.2, 0.25) is 0 Å². The summed E-state index contributed by atoms with van der Waals surface area (Å²) in [4.78, 5) is 49.7. The second-order valence-corrected chi connectivity index (χ2v) is 10.9. The van der Waals surface area contributed by atoms with Crippen molar-refractivity contribution in [1.82, 2.24) is 0 Å². The lowest BCUT2D eigenvalue weighted by molar-refractivity contribution is -0.154. The van der Waals surface area contributed by atoms with Crippen LogP contribution in [0.3, 0.4) is 0 Å². The Labute approximate surface area is 232 Å². The van der Waals surface area contributed by atoms with Gasteiger partial charge in [-0.3, -0.25) is 19.2 Å². The van der Waals surface area contributed by atoms with E-state index in [1.54, 1.807) is 26.8 Å². The summed E-state index contributed by atoms with van der Waals surface area (Å²) < 4.78 is 16.6. The second-order valence-electron chi connectivity index (χ2n) is 10.9. The van der Waals surface area contributed by atoms with Crippen LogP contribution in [0.15, 0.2) is 18.2 Å². The Balaban J connectivity index is 3.22. The zero-order chi connectivity index (χ0) is 29.8. The van der Waals surface area contributed by atoms with Gasteiger partial charge in [0.25, 0.3) is 0 Å². The Morgan fingerprint density at radius 2 is 1.44 bits per heavy atom. The summed E-state index contributed by atoms with van der Waals surface area (Å²) >= 11 is 0. The van der Waals surface area contributed by atoms with Crippen LogP contribution < -0.4 is 15.2 Å². The van der Waals surface area contributed by atoms with Gasteiger partial charge >= 0.3 is 23.9 Å². The van der Waals surface area contributed by atoms with Gasteiger partial charge in [-0.15, -0.1) is 0 Å². The summed E-state index contributed by atoms with van der Waals surface area (Å²) in [5, 5.41) is 9.97. The number of hydrogen-bond donors (Lipinski definition) is 2. The molecule has 9 heteroatoms. The Morgan fingerprint density at radius 1 is 0.897 bits per heavy atom. The monoisotopic (exact) mass is 549 g/mol. The van der Waals surface area contributed by atoms with Crippen molar-refractivity contribution in [2.75, 3.05) is 0 Å². The topological polar surface area (TPSA) is 142 Å². The number of carboxylic acids is 1. The van der Waals surface area contributed by atoms with Crippen LogP contribution in [0.1, 0.15) is 99.0 Å². The molecular formula is C30H47NO8. The predicted octanol–water partition coefficient (Wildman–Crippen LogP) is 5.45. The van der Waals surface area contributed by atoms with Crippen molar-refractivity contribution in [3.63, 3.8) is 0 Å². The van der Waals surface area contributed by atoms with Gasteiger partial charge in [-0.25, -0.2) is 0 Å². The number of hydrogen-bond acceptors (Lipinski definition) is 8. The fraction of sp³-hybridized carbons (Fsp3) is 0.667. The zero-order valence-corrected chi connectivity index (χ0v) is 24.6. The summed E-state index contributed by atoms with van der Waals surface area (Å²) in [6.45, 7) is 13.0. The van der Waals surface area contributed by atoms with Gasteiger partial charge in [0.1, 0.15) is 11.6 Å². The highest BCUT2D eigenvalue weighted by atomic mass is 16.6. The number of carboxylic acid groups (broad SMARTS) is 1. The maximum atomic E-state index is 12.7. The van der Waals surface area contributed by atoms with E-state index >= 15 is 0 Å². The molecule has 0 saturated heterocycles. The minimum atomic E-state index is -1.76. The summed E-state index contributed by atoms with van der Waals surface area (Å²) in [5.41, 5.74) is 5.02. The van der Waals surface area contributed by atoms with Crippen LogP contribution in [0.25, 0.3) is 0 Å². The first-order valence-electron chi connectivity index (χ1n) is 14.0. The van der Waals surface area contributed by atoms with Crippen LogP contribution in [-0.4, -0.2) is 40.6 Å². The molecule has 0 fully saturated rings. The fourth-order valence-corrected chi connectivity index (χ4v) is 4.20. The van der Waals surface area contributed by atoms with Crippen LogP contribution in [-0.2, 0) is 30.3 Å². The Bertz CT molecular complexity index is 978. The molecule has 3 N–H and O–H groups in total. The van der Waals surface area contributed by atoms with Gasteiger partial charge in [0.05, 0.1) is 11.8 Å². The average Bonchev–Trinajstić information content (AvgIpc) is 2.85. The molecule has 1 aromatic carbocycles. The Morgan fingerprint density at radius 3 is 1.92 bits per heavy atom. The van der Waals surface area contributed by atoms with Crippen molar-refractivity contribution < 1.29 is 38.5 Å². The van der Waals surface area contributed by atoms with Gasteiger partial charge in [-0.05, 0) is 43.4 Å². The Kier molecular flexibility index (Phi) is 14.2. The van der Waals surface area contributed by atoms with Crippen LogP contribution in [0.2, 0.25) is 0 Å². The normalized spacial score (nSPS) is 15.8. The molecule has 0 heterocycles. The van der Waals surface area contributed by atoms with Gasteiger partial charge in [-0.1, -0.05) is 66.9 Å². The van der Waals surface area contributed by atoms with Crippen LogP contribution in [0, 0.1) is 17.8 Å². The largest absolute Gasteiger partial charge is 0.480 e. The highest BCUT2D eigenvalue weighted by Gasteiger charge is 2.37. The van der Waals surface area contributed by atoms with E-state index in [4.69, 9.17) is 19.9 Å². The van der Waals surface area contributed by atoms with Gasteiger partial charge < -0.3 is 25.1 Å². The molecule has 5 atom stereocenters. The third kappa shape index (κ3) is 11.4. The maximum Gasteiger partial charge on any atom is 0.324 e. The van der Waals surface area contributed by atoms with Gasteiger partial charge in [-0.2, -0.15) is 0 Å². The van der Waals surface area contributed by atoms with E-state index in [1.165, 1.54) is 12.1 Å². The first-order chi connectivity index (χ1) is 18.3. The molecule has 39 heavy (non-hydrogen) atoms. The van der Waals surface area contributed by atoms with Crippen molar-refractivity contribution in [3.8, 4) is 11.5 Å². The molecule has 0 aliphatic rings. The van der Waals surface area contributed by atoms with E-state index in [1.807, 2.05) is 27.7 Å². The van der Waals surface area contributed by atoms with E-state index < -0.39 is 35.5 Å². The van der Waals surface area contributed by atoms with E-state index in [-0.39, 0.29) is 48.5 Å². The first kappa shape index (κ1) is 34.1. The molecule has 9 nitrogen and oxygen atoms in total. The quantitative estimate of drug-likeness (QED) is 0.191. The van der Waals surface area contributed by atoms with Gasteiger partial charge in [0, 0.05) is 19.3 Å². The third-order valence-corrected chi connectivity index (χ3v) is 6.82. The van der Waals surface area contributed by atoms with Crippen LogP contribution >= 0.6 is 0 Å². The highest BCUT2D eigenvalue weighted by Crippen LogP contribution is 2.32. The van der Waals surface area contributed by atoms with Crippen molar-refractivity contribution in [2.45, 2.75) is 111 Å². The highest BCUT2D eigenvalue weighted by molar-refractivity contribution is 5.80. The molecule has 4 unspecified atom stereocenters. The van der Waals surface area contributed by atoms with Crippen molar-refractivity contribution in [1.29, 1.82) is 0 Å². The number of nitrogens with two attached hydrogens (primary N) is 1. The number of carbonyl (C=O) groups excluding carboxylic acids is 3. The summed E-state index contributed by atoms with van der Waals surface area (Å²) in [7, 11) is 0. The summed E-state index contributed by atoms with van der Waals surface area (Å²) in [5.74, 6) is -3.04. The fourth-order valence-electron chi connectivity index (χ4n) is 4.20. The van der Waals surface area contributed by atoms with Gasteiger partial charge in [0.15, 0.2) is 11.5 Å². The molecule has 0 radical (unpaired) electrons. The molecule has 0 aromatic heterocycles. The molecule has 0 aliphatic carbocycles. The second kappa shape index (κ2) is 16.2.